The van der Waals surface area contributed by atoms with E-state index in [4.69, 9.17) is 9.84 Å². The normalized spacial score (nSPS) is 11.6. The Balaban J connectivity index is 2.34. The molecule has 0 bridgehead atoms. The summed E-state index contributed by atoms with van der Waals surface area (Å²) in [6, 6.07) is -0.560. The van der Waals surface area contributed by atoms with E-state index in [2.05, 4.69) is 25.8 Å². The number of carbonyl (C=O) groups excluding carboxylic acids is 1. The summed E-state index contributed by atoms with van der Waals surface area (Å²) >= 11 is 0. The number of nitrogens with zero attached hydrogens (tertiary/aromatic N) is 3. The number of urea groups is 1. The third-order valence-electron chi connectivity index (χ3n) is 1.93. The van der Waals surface area contributed by atoms with Gasteiger partial charge in [-0.25, -0.2) is 9.78 Å². The first-order valence-corrected chi connectivity index (χ1v) is 5.05. The number of amides is 2. The number of aromatic nitrogens is 3. The molecular weight excluding hydrogens is 242 g/mol. The standard InChI is InChI=1S/C9H13N5O4/c1-18-6(4-7(15)16)5-11-9(17)13-8-10-2-3-12-14-8/h2-3,6H,4-5H2,1H3,(H,15,16)(H2,10,11,13,14,17). The van der Waals surface area contributed by atoms with Crippen LogP contribution in [0, 0.1) is 0 Å². The number of hydrogen-bond acceptors (Lipinski definition) is 6. The third kappa shape index (κ3) is 5.16. The molecule has 0 aliphatic rings. The second-order valence-corrected chi connectivity index (χ2v) is 3.26. The Bertz CT molecular complexity index is 399. The molecule has 18 heavy (non-hydrogen) atoms. The first-order chi connectivity index (χ1) is 8.61. The Morgan fingerprint density at radius 2 is 2.28 bits per heavy atom. The molecule has 9 nitrogen and oxygen atoms in total. The van der Waals surface area contributed by atoms with Crippen LogP contribution in [-0.4, -0.2) is 52.0 Å². The second-order valence-electron chi connectivity index (χ2n) is 3.26. The first kappa shape index (κ1) is 13.8. The van der Waals surface area contributed by atoms with E-state index in [1.54, 1.807) is 0 Å². The Morgan fingerprint density at radius 3 is 2.83 bits per heavy atom. The highest BCUT2D eigenvalue weighted by atomic mass is 16.5. The molecule has 9 heteroatoms. The van der Waals surface area contributed by atoms with Crippen LogP contribution < -0.4 is 10.6 Å². The predicted molar refractivity (Wildman–Crippen MR) is 59.9 cm³/mol. The van der Waals surface area contributed by atoms with E-state index in [1.807, 2.05) is 0 Å². The lowest BCUT2D eigenvalue weighted by molar-refractivity contribution is -0.139. The van der Waals surface area contributed by atoms with Gasteiger partial charge in [-0.1, -0.05) is 0 Å². The Hall–Kier alpha value is -2.29. The number of carboxylic acid groups (broad SMARTS) is 1. The molecule has 0 aliphatic heterocycles. The quantitative estimate of drug-likeness (QED) is 0.624. The predicted octanol–water partition coefficient (Wildman–Crippen LogP) is -0.517. The highest BCUT2D eigenvalue weighted by Gasteiger charge is 2.13. The third-order valence-corrected chi connectivity index (χ3v) is 1.93. The fraction of sp³-hybridized carbons (Fsp3) is 0.444. The van der Waals surface area contributed by atoms with Crippen molar-refractivity contribution in [3.8, 4) is 0 Å². The van der Waals surface area contributed by atoms with Crippen molar-refractivity contribution in [2.75, 3.05) is 19.0 Å². The van der Waals surface area contributed by atoms with Gasteiger partial charge >= 0.3 is 12.0 Å². The number of hydrogen-bond donors (Lipinski definition) is 3. The maximum Gasteiger partial charge on any atom is 0.321 e. The molecule has 1 rings (SSSR count). The Kier molecular flexibility index (Phi) is 5.45. The summed E-state index contributed by atoms with van der Waals surface area (Å²) in [5.41, 5.74) is 0. The minimum atomic E-state index is -1.00. The maximum absolute atomic E-state index is 11.4. The van der Waals surface area contributed by atoms with Gasteiger partial charge in [0.15, 0.2) is 0 Å². The number of ether oxygens (including phenoxy) is 1. The molecule has 98 valence electrons. The van der Waals surface area contributed by atoms with Gasteiger partial charge in [0.1, 0.15) is 0 Å². The van der Waals surface area contributed by atoms with E-state index in [1.165, 1.54) is 19.5 Å². The molecule has 0 aromatic carbocycles. The summed E-state index contributed by atoms with van der Waals surface area (Å²) in [5.74, 6) is -0.943. The molecule has 1 unspecified atom stereocenters. The molecule has 1 aromatic heterocycles. The van der Waals surface area contributed by atoms with Crippen LogP contribution in [0.25, 0.3) is 0 Å². The van der Waals surface area contributed by atoms with Crippen LogP contribution in [-0.2, 0) is 9.53 Å². The van der Waals surface area contributed by atoms with E-state index < -0.39 is 18.1 Å². The zero-order valence-corrected chi connectivity index (χ0v) is 9.66. The minimum Gasteiger partial charge on any atom is -0.481 e. The summed E-state index contributed by atoms with van der Waals surface area (Å²) in [7, 11) is 1.37. The highest BCUT2D eigenvalue weighted by molar-refractivity contribution is 5.87. The van der Waals surface area contributed by atoms with E-state index in [-0.39, 0.29) is 18.9 Å². The summed E-state index contributed by atoms with van der Waals surface area (Å²) in [6.45, 7) is 0.0644. The van der Waals surface area contributed by atoms with E-state index >= 15 is 0 Å². The van der Waals surface area contributed by atoms with Crippen molar-refractivity contribution in [2.45, 2.75) is 12.5 Å². The molecule has 0 saturated heterocycles. The fourth-order valence-corrected chi connectivity index (χ4v) is 1.09. The molecule has 2 amide bonds. The van der Waals surface area contributed by atoms with Crippen LogP contribution in [0.2, 0.25) is 0 Å². The number of aliphatic carboxylic acids is 1. The van der Waals surface area contributed by atoms with Crippen LogP contribution in [0.3, 0.4) is 0 Å². The highest BCUT2D eigenvalue weighted by Crippen LogP contribution is 1.96. The second kappa shape index (κ2) is 7.12. The molecule has 3 N–H and O–H groups in total. The van der Waals surface area contributed by atoms with E-state index in [0.717, 1.165) is 0 Å². The van der Waals surface area contributed by atoms with Crippen LogP contribution in [0.4, 0.5) is 10.7 Å². The van der Waals surface area contributed by atoms with Crippen molar-refractivity contribution in [2.24, 2.45) is 0 Å². The van der Waals surface area contributed by atoms with Crippen molar-refractivity contribution in [3.05, 3.63) is 12.4 Å². The maximum atomic E-state index is 11.4. The SMILES string of the molecule is COC(CNC(=O)Nc1nccnn1)CC(=O)O. The molecule has 0 fully saturated rings. The molecule has 0 spiro atoms. The van der Waals surface area contributed by atoms with E-state index in [0.29, 0.717) is 0 Å². The topological polar surface area (TPSA) is 126 Å². The number of methoxy groups -OCH3 is 1. The summed E-state index contributed by atoms with van der Waals surface area (Å²) in [5, 5.41) is 20.4. The molecule has 1 atom stereocenters. The van der Waals surface area contributed by atoms with Gasteiger partial charge in [-0.15, -0.1) is 5.10 Å². The first-order valence-electron chi connectivity index (χ1n) is 5.05. The lowest BCUT2D eigenvalue weighted by atomic mass is 10.2. The van der Waals surface area contributed by atoms with Crippen molar-refractivity contribution < 1.29 is 19.4 Å². The lowest BCUT2D eigenvalue weighted by Crippen LogP contribution is -2.37. The Labute approximate surface area is 103 Å². The van der Waals surface area contributed by atoms with Crippen LogP contribution >= 0.6 is 0 Å². The van der Waals surface area contributed by atoms with Gasteiger partial charge in [0.25, 0.3) is 5.95 Å². The number of nitrogens with one attached hydrogen (secondary N) is 2. The van der Waals surface area contributed by atoms with Gasteiger partial charge in [0.2, 0.25) is 0 Å². The number of anilines is 1. The van der Waals surface area contributed by atoms with Crippen molar-refractivity contribution in [1.82, 2.24) is 20.5 Å². The van der Waals surface area contributed by atoms with Gasteiger partial charge in [0.05, 0.1) is 24.9 Å². The van der Waals surface area contributed by atoms with Crippen molar-refractivity contribution in [3.63, 3.8) is 0 Å². The number of carboxylic acids is 1. The van der Waals surface area contributed by atoms with E-state index in [9.17, 15) is 9.59 Å². The Morgan fingerprint density at radius 1 is 1.50 bits per heavy atom. The van der Waals surface area contributed by atoms with Crippen LogP contribution in [0.5, 0.6) is 0 Å². The summed E-state index contributed by atoms with van der Waals surface area (Å²) in [4.78, 5) is 25.6. The fourth-order valence-electron chi connectivity index (χ4n) is 1.09. The molecule has 1 aromatic rings. The average Bonchev–Trinajstić information content (AvgIpc) is 2.35. The monoisotopic (exact) mass is 255 g/mol. The van der Waals surface area contributed by atoms with Crippen LogP contribution in [0.15, 0.2) is 12.4 Å². The molecule has 1 heterocycles. The lowest BCUT2D eigenvalue weighted by Gasteiger charge is -2.13. The van der Waals surface area contributed by atoms with Crippen molar-refractivity contribution >= 4 is 17.9 Å². The number of carbonyl (C=O) groups is 2. The smallest absolute Gasteiger partial charge is 0.321 e. The van der Waals surface area contributed by atoms with Gasteiger partial charge in [-0.3, -0.25) is 10.1 Å². The molecule has 0 radical (unpaired) electrons. The summed E-state index contributed by atoms with van der Waals surface area (Å²) < 4.78 is 4.89. The molecule has 0 aliphatic carbocycles. The zero-order valence-electron chi connectivity index (χ0n) is 9.66. The molecule has 0 saturated carbocycles. The minimum absolute atomic E-state index is 0.0576. The van der Waals surface area contributed by atoms with Gasteiger partial charge in [0, 0.05) is 13.7 Å². The van der Waals surface area contributed by atoms with Crippen molar-refractivity contribution in [1.29, 1.82) is 0 Å². The van der Waals surface area contributed by atoms with Gasteiger partial charge in [-0.05, 0) is 0 Å². The summed E-state index contributed by atoms with van der Waals surface area (Å²) in [6.07, 6.45) is 1.96. The van der Waals surface area contributed by atoms with Gasteiger partial charge < -0.3 is 15.2 Å². The van der Waals surface area contributed by atoms with Crippen LogP contribution in [0.1, 0.15) is 6.42 Å². The molecular formula is C9H13N5O4. The zero-order chi connectivity index (χ0) is 13.4. The number of rotatable bonds is 6. The van der Waals surface area contributed by atoms with Gasteiger partial charge in [-0.2, -0.15) is 5.10 Å². The average molecular weight is 255 g/mol. The largest absolute Gasteiger partial charge is 0.481 e.